The molecule has 2 aromatic rings. The number of rotatable bonds is 4. The standard InChI is InChI=1S/C21H25NO4/c1-15-2-4-16(5-3-15)18(23)13-22-10-8-21(24,9-11-22)17-6-7-19-20(12-17)26-14-25-19/h2-7,12,18,23-24H,8-11,13-14H2,1H3/t18-/m0/s1. The fourth-order valence-electron chi connectivity index (χ4n) is 3.72. The highest BCUT2D eigenvalue weighted by molar-refractivity contribution is 5.46. The maximum Gasteiger partial charge on any atom is 0.231 e. The van der Waals surface area contributed by atoms with Crippen LogP contribution in [0.3, 0.4) is 0 Å². The Morgan fingerprint density at radius 2 is 1.73 bits per heavy atom. The molecule has 1 fully saturated rings. The minimum absolute atomic E-state index is 0.238. The lowest BCUT2D eigenvalue weighted by Crippen LogP contribution is -2.43. The average molecular weight is 355 g/mol. The van der Waals surface area contributed by atoms with Crippen molar-refractivity contribution < 1.29 is 19.7 Å². The predicted octanol–water partition coefficient (Wildman–Crippen LogP) is 2.74. The second kappa shape index (κ2) is 6.91. The van der Waals surface area contributed by atoms with Gasteiger partial charge < -0.3 is 24.6 Å². The Morgan fingerprint density at radius 3 is 2.46 bits per heavy atom. The van der Waals surface area contributed by atoms with Crippen molar-refractivity contribution in [2.45, 2.75) is 31.5 Å². The fraction of sp³-hybridized carbons (Fsp3) is 0.429. The van der Waals surface area contributed by atoms with Gasteiger partial charge in [0, 0.05) is 19.6 Å². The van der Waals surface area contributed by atoms with Gasteiger partial charge in [-0.15, -0.1) is 0 Å². The predicted molar refractivity (Wildman–Crippen MR) is 98.3 cm³/mol. The normalized spacial score (nSPS) is 20.1. The Bertz CT molecular complexity index is 766. The Balaban J connectivity index is 1.38. The molecule has 0 radical (unpaired) electrons. The van der Waals surface area contributed by atoms with Crippen LogP contribution in [0.1, 0.15) is 35.6 Å². The van der Waals surface area contributed by atoms with Gasteiger partial charge in [0.1, 0.15) is 0 Å². The number of hydrogen-bond acceptors (Lipinski definition) is 5. The first-order valence-electron chi connectivity index (χ1n) is 9.13. The summed E-state index contributed by atoms with van der Waals surface area (Å²) in [4.78, 5) is 2.21. The van der Waals surface area contributed by atoms with E-state index in [1.165, 1.54) is 5.56 Å². The summed E-state index contributed by atoms with van der Waals surface area (Å²) in [5, 5.41) is 21.6. The molecule has 4 rings (SSSR count). The van der Waals surface area contributed by atoms with Crippen molar-refractivity contribution in [3.05, 3.63) is 59.2 Å². The zero-order valence-corrected chi connectivity index (χ0v) is 15.0. The van der Waals surface area contributed by atoms with E-state index in [-0.39, 0.29) is 6.79 Å². The molecule has 0 bridgehead atoms. The third kappa shape index (κ3) is 3.43. The topological polar surface area (TPSA) is 62.2 Å². The van der Waals surface area contributed by atoms with Crippen LogP contribution in [0, 0.1) is 6.92 Å². The lowest BCUT2D eigenvalue weighted by Gasteiger charge is -2.39. The lowest BCUT2D eigenvalue weighted by atomic mass is 9.84. The number of piperidine rings is 1. The summed E-state index contributed by atoms with van der Waals surface area (Å²) in [6, 6.07) is 13.7. The zero-order valence-electron chi connectivity index (χ0n) is 15.0. The number of likely N-dealkylation sites (tertiary alicyclic amines) is 1. The van der Waals surface area contributed by atoms with Gasteiger partial charge in [0.05, 0.1) is 11.7 Å². The van der Waals surface area contributed by atoms with Gasteiger partial charge >= 0.3 is 0 Å². The summed E-state index contributed by atoms with van der Waals surface area (Å²) in [6.45, 7) is 4.35. The molecule has 0 aliphatic carbocycles. The van der Waals surface area contributed by atoms with Gasteiger partial charge in [-0.3, -0.25) is 0 Å². The van der Waals surface area contributed by atoms with Crippen LogP contribution in [-0.2, 0) is 5.60 Å². The van der Waals surface area contributed by atoms with Crippen LogP contribution in [-0.4, -0.2) is 41.5 Å². The van der Waals surface area contributed by atoms with Crippen LogP contribution in [0.2, 0.25) is 0 Å². The molecule has 2 aromatic carbocycles. The van der Waals surface area contributed by atoms with E-state index in [2.05, 4.69) is 4.90 Å². The average Bonchev–Trinajstić information content (AvgIpc) is 3.12. The molecule has 2 heterocycles. The van der Waals surface area contributed by atoms with Crippen molar-refractivity contribution in [2.24, 2.45) is 0 Å². The maximum atomic E-state index is 11.1. The largest absolute Gasteiger partial charge is 0.454 e. The summed E-state index contributed by atoms with van der Waals surface area (Å²) in [5.74, 6) is 1.43. The van der Waals surface area contributed by atoms with Gasteiger partial charge in [-0.25, -0.2) is 0 Å². The van der Waals surface area contributed by atoms with Gasteiger partial charge in [-0.2, -0.15) is 0 Å². The molecule has 0 amide bonds. The molecule has 1 atom stereocenters. The first kappa shape index (κ1) is 17.3. The smallest absolute Gasteiger partial charge is 0.231 e. The van der Waals surface area contributed by atoms with Gasteiger partial charge in [0.25, 0.3) is 0 Å². The van der Waals surface area contributed by atoms with Gasteiger partial charge in [-0.1, -0.05) is 35.9 Å². The molecule has 5 heteroatoms. The second-order valence-electron chi connectivity index (χ2n) is 7.33. The van der Waals surface area contributed by atoms with Crippen LogP contribution in [0.4, 0.5) is 0 Å². The highest BCUT2D eigenvalue weighted by Gasteiger charge is 2.35. The molecule has 0 aromatic heterocycles. The molecule has 2 aliphatic heterocycles. The van der Waals surface area contributed by atoms with Crippen molar-refractivity contribution in [2.75, 3.05) is 26.4 Å². The van der Waals surface area contributed by atoms with E-state index in [1.54, 1.807) is 0 Å². The van der Waals surface area contributed by atoms with Crippen molar-refractivity contribution >= 4 is 0 Å². The van der Waals surface area contributed by atoms with Crippen molar-refractivity contribution in [3.63, 3.8) is 0 Å². The maximum absolute atomic E-state index is 11.1. The fourth-order valence-corrected chi connectivity index (χ4v) is 3.72. The molecule has 2 aliphatic rings. The monoisotopic (exact) mass is 355 g/mol. The number of nitrogens with zero attached hydrogens (tertiary/aromatic N) is 1. The van der Waals surface area contributed by atoms with E-state index in [0.717, 1.165) is 30.0 Å². The Labute approximate surface area is 153 Å². The van der Waals surface area contributed by atoms with Crippen LogP contribution in [0.5, 0.6) is 11.5 Å². The van der Waals surface area contributed by atoms with E-state index >= 15 is 0 Å². The molecule has 0 saturated carbocycles. The van der Waals surface area contributed by atoms with Gasteiger partial charge in [-0.05, 0) is 43.0 Å². The van der Waals surface area contributed by atoms with Gasteiger partial charge in [0.2, 0.25) is 6.79 Å². The highest BCUT2D eigenvalue weighted by Crippen LogP contribution is 2.39. The minimum Gasteiger partial charge on any atom is -0.454 e. The summed E-state index contributed by atoms with van der Waals surface area (Å²) < 4.78 is 10.8. The van der Waals surface area contributed by atoms with E-state index in [9.17, 15) is 10.2 Å². The third-order valence-electron chi connectivity index (χ3n) is 5.49. The number of benzene rings is 2. The Kier molecular flexibility index (Phi) is 4.61. The van der Waals surface area contributed by atoms with Crippen LogP contribution < -0.4 is 9.47 Å². The summed E-state index contributed by atoms with van der Waals surface area (Å²) in [5.41, 5.74) is 2.15. The molecule has 0 unspecified atom stereocenters. The van der Waals surface area contributed by atoms with E-state index < -0.39 is 11.7 Å². The molecule has 138 valence electrons. The molecule has 1 saturated heterocycles. The molecular weight excluding hydrogens is 330 g/mol. The molecule has 2 N–H and O–H groups in total. The second-order valence-corrected chi connectivity index (χ2v) is 7.33. The lowest BCUT2D eigenvalue weighted by molar-refractivity contribution is -0.0345. The van der Waals surface area contributed by atoms with Crippen molar-refractivity contribution in [1.29, 1.82) is 0 Å². The van der Waals surface area contributed by atoms with Crippen LogP contribution >= 0.6 is 0 Å². The summed E-state index contributed by atoms with van der Waals surface area (Å²) >= 11 is 0. The number of aliphatic hydroxyl groups excluding tert-OH is 1. The molecule has 5 nitrogen and oxygen atoms in total. The molecule has 26 heavy (non-hydrogen) atoms. The number of aryl methyl sites for hydroxylation is 1. The first-order valence-corrected chi connectivity index (χ1v) is 9.13. The quantitative estimate of drug-likeness (QED) is 0.883. The number of ether oxygens (including phenoxy) is 2. The third-order valence-corrected chi connectivity index (χ3v) is 5.49. The van der Waals surface area contributed by atoms with E-state index in [1.807, 2.05) is 49.4 Å². The zero-order chi connectivity index (χ0) is 18.1. The number of aliphatic hydroxyl groups is 2. The SMILES string of the molecule is Cc1ccc([C@@H](O)CN2CCC(O)(c3ccc4c(c3)OCO4)CC2)cc1. The number of hydrogen-bond donors (Lipinski definition) is 2. The van der Waals surface area contributed by atoms with Crippen molar-refractivity contribution in [1.82, 2.24) is 4.90 Å². The molecular formula is C21H25NO4. The summed E-state index contributed by atoms with van der Waals surface area (Å²) in [7, 11) is 0. The Morgan fingerprint density at radius 1 is 1.04 bits per heavy atom. The first-order chi connectivity index (χ1) is 12.5. The number of fused-ring (bicyclic) bond motifs is 1. The van der Waals surface area contributed by atoms with Gasteiger partial charge in [0.15, 0.2) is 11.5 Å². The summed E-state index contributed by atoms with van der Waals surface area (Å²) in [6.07, 6.45) is 0.757. The van der Waals surface area contributed by atoms with Crippen molar-refractivity contribution in [3.8, 4) is 11.5 Å². The van der Waals surface area contributed by atoms with E-state index in [4.69, 9.17) is 9.47 Å². The van der Waals surface area contributed by atoms with Crippen LogP contribution in [0.15, 0.2) is 42.5 Å². The number of β-amino-alcohol motifs (C(OH)–C–C–N with tert-alkyl or cyclic N) is 1. The highest BCUT2D eigenvalue weighted by atomic mass is 16.7. The van der Waals surface area contributed by atoms with E-state index in [0.29, 0.717) is 25.1 Å². The minimum atomic E-state index is -0.855. The molecule has 0 spiro atoms. The Hall–Kier alpha value is -2.08. The van der Waals surface area contributed by atoms with Crippen LogP contribution in [0.25, 0.3) is 0 Å².